The van der Waals surface area contributed by atoms with Crippen molar-refractivity contribution in [2.45, 2.75) is 18.8 Å². The molecule has 4 nitrogen and oxygen atoms in total. The van der Waals surface area contributed by atoms with Gasteiger partial charge in [-0.05, 0) is 47.3 Å². The average molecular weight is 416 g/mol. The molecule has 0 fully saturated rings. The molecule has 0 amide bonds. The molecule has 0 radical (unpaired) electrons. The van der Waals surface area contributed by atoms with Crippen LogP contribution in [-0.4, -0.2) is 18.2 Å². The van der Waals surface area contributed by atoms with Crippen LogP contribution in [-0.2, 0) is 10.2 Å². The molecular weight excluding hydrogens is 390 g/mol. The summed E-state index contributed by atoms with van der Waals surface area (Å²) in [4.78, 5) is 3.06. The number of azide groups is 1. The van der Waals surface area contributed by atoms with Gasteiger partial charge in [-0.25, -0.2) is 0 Å². The first-order chi connectivity index (χ1) is 14.7. The SMILES string of the molecule is CCOC(=S)CC(CN=[N+]=[N-])C(c1ccccc1)(c1ccccc1)c1ccccc1. The Morgan fingerprint density at radius 3 is 1.70 bits per heavy atom. The molecular formula is C25H25N3OS. The predicted octanol–water partition coefficient (Wildman–Crippen LogP) is 6.70. The Kier molecular flexibility index (Phi) is 7.61. The van der Waals surface area contributed by atoms with Crippen molar-refractivity contribution in [3.8, 4) is 0 Å². The lowest BCUT2D eigenvalue weighted by Gasteiger charge is -2.42. The number of benzene rings is 3. The molecule has 0 heterocycles. The molecule has 0 aliphatic carbocycles. The molecule has 0 N–H and O–H groups in total. The van der Waals surface area contributed by atoms with E-state index in [9.17, 15) is 0 Å². The smallest absolute Gasteiger partial charge is 0.159 e. The van der Waals surface area contributed by atoms with Gasteiger partial charge in [-0.1, -0.05) is 96.1 Å². The first kappa shape index (κ1) is 21.6. The van der Waals surface area contributed by atoms with E-state index in [-0.39, 0.29) is 5.92 Å². The van der Waals surface area contributed by atoms with Crippen LogP contribution in [0.3, 0.4) is 0 Å². The Labute approximate surface area is 183 Å². The molecule has 0 aliphatic heterocycles. The number of hydrogen-bond donors (Lipinski definition) is 0. The lowest BCUT2D eigenvalue weighted by molar-refractivity contribution is 0.302. The minimum absolute atomic E-state index is 0.125. The second-order valence-corrected chi connectivity index (χ2v) is 7.48. The standard InChI is InChI=1S/C25H25N3OS/c1-2-29-24(30)18-23(19-27-28-26)25(20-12-6-3-7-13-20,21-14-8-4-9-15-21)22-16-10-5-11-17-22/h3-17,23H,2,18-19H2,1H3. The van der Waals surface area contributed by atoms with Gasteiger partial charge in [0.1, 0.15) is 0 Å². The quantitative estimate of drug-likeness (QED) is 0.128. The van der Waals surface area contributed by atoms with Gasteiger partial charge >= 0.3 is 0 Å². The third kappa shape index (κ3) is 4.54. The maximum Gasteiger partial charge on any atom is 0.159 e. The highest BCUT2D eigenvalue weighted by molar-refractivity contribution is 7.80. The van der Waals surface area contributed by atoms with Gasteiger partial charge in [0.25, 0.3) is 0 Å². The van der Waals surface area contributed by atoms with Crippen molar-refractivity contribution in [1.82, 2.24) is 0 Å². The van der Waals surface area contributed by atoms with Gasteiger partial charge in [0.05, 0.1) is 6.61 Å². The zero-order chi connectivity index (χ0) is 21.2. The summed E-state index contributed by atoms with van der Waals surface area (Å²) in [5, 5.41) is 4.52. The highest BCUT2D eigenvalue weighted by Gasteiger charge is 2.43. The maximum atomic E-state index is 9.12. The number of hydrogen-bond acceptors (Lipinski definition) is 3. The highest BCUT2D eigenvalue weighted by atomic mass is 32.1. The van der Waals surface area contributed by atoms with E-state index in [2.05, 4.69) is 46.4 Å². The lowest BCUT2D eigenvalue weighted by atomic mass is 9.61. The molecule has 0 aromatic heterocycles. The second-order valence-electron chi connectivity index (χ2n) is 7.03. The highest BCUT2D eigenvalue weighted by Crippen LogP contribution is 2.47. The summed E-state index contributed by atoms with van der Waals surface area (Å²) in [5.74, 6) is -0.125. The molecule has 1 unspecified atom stereocenters. The first-order valence-corrected chi connectivity index (χ1v) is 10.5. The van der Waals surface area contributed by atoms with Gasteiger partial charge in [0.2, 0.25) is 0 Å². The number of ether oxygens (including phenoxy) is 1. The van der Waals surface area contributed by atoms with Crippen molar-refractivity contribution in [1.29, 1.82) is 0 Å². The fourth-order valence-electron chi connectivity index (χ4n) is 4.22. The van der Waals surface area contributed by atoms with Crippen molar-refractivity contribution in [3.05, 3.63) is 118 Å². The van der Waals surface area contributed by atoms with Gasteiger partial charge < -0.3 is 4.74 Å². The summed E-state index contributed by atoms with van der Waals surface area (Å²) in [7, 11) is 0. The van der Waals surface area contributed by atoms with Gasteiger partial charge in [-0.2, -0.15) is 0 Å². The van der Waals surface area contributed by atoms with E-state index in [1.807, 2.05) is 61.5 Å². The zero-order valence-electron chi connectivity index (χ0n) is 17.0. The van der Waals surface area contributed by atoms with E-state index in [1.54, 1.807) is 0 Å². The zero-order valence-corrected chi connectivity index (χ0v) is 17.8. The van der Waals surface area contributed by atoms with E-state index in [1.165, 1.54) is 0 Å². The van der Waals surface area contributed by atoms with Crippen LogP contribution in [0.1, 0.15) is 30.0 Å². The first-order valence-electron chi connectivity index (χ1n) is 10.1. The molecule has 3 aromatic carbocycles. The number of thiocarbonyl (C=S) groups is 1. The minimum atomic E-state index is -0.556. The lowest BCUT2D eigenvalue weighted by Crippen LogP contribution is -2.40. The molecule has 3 aromatic rings. The van der Waals surface area contributed by atoms with Gasteiger partial charge in [-0.3, -0.25) is 0 Å². The molecule has 3 rings (SSSR count). The summed E-state index contributed by atoms with van der Waals surface area (Å²) in [6.07, 6.45) is 0.501. The van der Waals surface area contributed by atoms with Crippen LogP contribution in [0.5, 0.6) is 0 Å². The van der Waals surface area contributed by atoms with Crippen LogP contribution in [0.4, 0.5) is 0 Å². The largest absolute Gasteiger partial charge is 0.487 e. The predicted molar refractivity (Wildman–Crippen MR) is 126 cm³/mol. The summed E-state index contributed by atoms with van der Waals surface area (Å²) >= 11 is 5.54. The molecule has 1 atom stereocenters. The molecule has 0 spiro atoms. The monoisotopic (exact) mass is 415 g/mol. The molecule has 5 heteroatoms. The average Bonchev–Trinajstić information content (AvgIpc) is 2.80. The van der Waals surface area contributed by atoms with E-state index < -0.39 is 5.41 Å². The second kappa shape index (κ2) is 10.6. The third-order valence-electron chi connectivity index (χ3n) is 5.38. The van der Waals surface area contributed by atoms with Crippen molar-refractivity contribution >= 4 is 17.3 Å². The van der Waals surface area contributed by atoms with Crippen LogP contribution in [0.2, 0.25) is 0 Å². The minimum Gasteiger partial charge on any atom is -0.487 e. The van der Waals surface area contributed by atoms with Gasteiger partial charge in [0, 0.05) is 23.3 Å². The molecule has 30 heavy (non-hydrogen) atoms. The Morgan fingerprint density at radius 2 is 1.33 bits per heavy atom. The fraction of sp³-hybridized carbons (Fsp3) is 0.240. The fourth-order valence-corrected chi connectivity index (χ4v) is 4.54. The molecule has 0 bridgehead atoms. The van der Waals surface area contributed by atoms with E-state index in [0.29, 0.717) is 24.6 Å². The Hall–Kier alpha value is -3.14. The van der Waals surface area contributed by atoms with Crippen LogP contribution in [0.15, 0.2) is 96.1 Å². The Morgan fingerprint density at radius 1 is 0.900 bits per heavy atom. The third-order valence-corrected chi connectivity index (χ3v) is 5.67. The number of rotatable bonds is 9. The Bertz CT molecular complexity index is 890. The van der Waals surface area contributed by atoms with Crippen molar-refractivity contribution in [2.24, 2.45) is 11.0 Å². The molecule has 0 aliphatic rings. The van der Waals surface area contributed by atoms with Crippen LogP contribution < -0.4 is 0 Å². The molecule has 0 saturated heterocycles. The van der Waals surface area contributed by atoms with Crippen LogP contribution in [0.25, 0.3) is 10.4 Å². The van der Waals surface area contributed by atoms with E-state index >= 15 is 0 Å². The van der Waals surface area contributed by atoms with Crippen LogP contribution >= 0.6 is 12.2 Å². The van der Waals surface area contributed by atoms with Crippen molar-refractivity contribution in [3.63, 3.8) is 0 Å². The maximum absolute atomic E-state index is 9.12. The van der Waals surface area contributed by atoms with Gasteiger partial charge in [-0.15, -0.1) is 0 Å². The summed E-state index contributed by atoms with van der Waals surface area (Å²) in [6, 6.07) is 31.1. The van der Waals surface area contributed by atoms with E-state index in [0.717, 1.165) is 16.7 Å². The van der Waals surface area contributed by atoms with E-state index in [4.69, 9.17) is 22.5 Å². The molecule has 152 valence electrons. The van der Waals surface area contributed by atoms with Crippen molar-refractivity contribution in [2.75, 3.05) is 13.2 Å². The normalized spacial score (nSPS) is 11.9. The summed E-state index contributed by atoms with van der Waals surface area (Å²) in [6.45, 7) is 2.73. The Balaban J connectivity index is 2.33. The van der Waals surface area contributed by atoms with Gasteiger partial charge in [0.15, 0.2) is 5.05 Å². The van der Waals surface area contributed by atoms with Crippen LogP contribution in [0, 0.1) is 5.92 Å². The number of nitrogens with zero attached hydrogens (tertiary/aromatic N) is 3. The topological polar surface area (TPSA) is 58.0 Å². The summed E-state index contributed by atoms with van der Waals surface area (Å²) < 4.78 is 5.65. The molecule has 0 saturated carbocycles. The van der Waals surface area contributed by atoms with Crippen molar-refractivity contribution < 1.29 is 4.74 Å². The summed E-state index contributed by atoms with van der Waals surface area (Å²) in [5.41, 5.74) is 11.9.